The summed E-state index contributed by atoms with van der Waals surface area (Å²) in [5.74, 6) is -0.148. The lowest BCUT2D eigenvalue weighted by Crippen LogP contribution is -2.51. The Hall–Kier alpha value is -2.66. The number of aliphatic hydroxyl groups excluding tert-OH is 1. The number of nitrogens with zero attached hydrogens (tertiary/aromatic N) is 2. The summed E-state index contributed by atoms with van der Waals surface area (Å²) in [6, 6.07) is 12.6. The van der Waals surface area contributed by atoms with Crippen LogP contribution in [0.1, 0.15) is 25.8 Å². The van der Waals surface area contributed by atoms with Crippen LogP contribution in [0.5, 0.6) is 0 Å². The van der Waals surface area contributed by atoms with Gasteiger partial charge < -0.3 is 24.6 Å². The van der Waals surface area contributed by atoms with E-state index >= 15 is 0 Å². The molecule has 2 N–H and O–H groups in total. The number of amides is 1. The molecule has 0 bridgehead atoms. The molecule has 0 aliphatic carbocycles. The largest absolute Gasteiger partial charge is 0.443 e. The molecule has 44 heavy (non-hydrogen) atoms. The number of nitrogens with one attached hydrogen (secondary N) is 1. The minimum atomic E-state index is -4.14. The molecule has 2 saturated heterocycles. The number of ether oxygens (including phenoxy) is 3. The Bertz CT molecular complexity index is 1680. The van der Waals surface area contributed by atoms with Gasteiger partial charge in [0.2, 0.25) is 24.2 Å². The van der Waals surface area contributed by atoms with Gasteiger partial charge in [0.15, 0.2) is 6.29 Å². The molecule has 0 radical (unpaired) electrons. The number of benzene rings is 2. The number of carbonyl (C=O) groups is 1. The normalized spacial score (nSPS) is 21.9. The first kappa shape index (κ1) is 32.7. The van der Waals surface area contributed by atoms with Gasteiger partial charge in [0.1, 0.15) is 6.10 Å². The van der Waals surface area contributed by atoms with Crippen molar-refractivity contribution in [3.05, 3.63) is 54.1 Å². The number of fused-ring (bicyclic) bond motifs is 2. The molecule has 2 fully saturated rings. The lowest BCUT2D eigenvalue weighted by Gasteiger charge is -2.31. The highest BCUT2D eigenvalue weighted by atomic mass is 32.2. The van der Waals surface area contributed by atoms with Crippen LogP contribution in [0.25, 0.3) is 10.2 Å². The van der Waals surface area contributed by atoms with E-state index in [1.807, 2.05) is 44.2 Å². The van der Waals surface area contributed by atoms with E-state index in [0.29, 0.717) is 23.2 Å². The number of aromatic nitrogens is 1. The summed E-state index contributed by atoms with van der Waals surface area (Å²) >= 11 is 0.896. The first-order chi connectivity index (χ1) is 20.8. The second kappa shape index (κ2) is 13.4. The Morgan fingerprint density at radius 1 is 1.14 bits per heavy atom. The lowest BCUT2D eigenvalue weighted by atomic mass is 10.0. The Balaban J connectivity index is 1.37. The zero-order valence-corrected chi connectivity index (χ0v) is 27.1. The van der Waals surface area contributed by atoms with Crippen LogP contribution >= 0.6 is 11.3 Å². The molecule has 2 aliphatic heterocycles. The molecule has 5 rings (SSSR count). The van der Waals surface area contributed by atoms with Crippen molar-refractivity contribution in [2.75, 3.05) is 32.6 Å². The summed E-state index contributed by atoms with van der Waals surface area (Å²) in [7, 11) is -7.71. The topological polar surface area (TPSA) is 161 Å². The number of hydrogen-bond donors (Lipinski definition) is 2. The first-order valence-electron chi connectivity index (χ1n) is 14.3. The standard InChI is InChI=1S/C29H37N3O9S3/c1-18(2)15-32(44(37,38)20-9-10-22-26(14-20)42-29(31-22)43(3,35)36)16-24(33)23(13-19-7-5-4-6-8-19)30-28(34)41-25-17-40-27-21(25)11-12-39-27/h4-10,14,18,21,23-25,27,33H,11-13,15-17H2,1-3H3,(H,30,34). The minimum Gasteiger partial charge on any atom is -0.443 e. The maximum Gasteiger partial charge on any atom is 0.407 e. The molecule has 2 aliphatic rings. The number of sulfone groups is 1. The Morgan fingerprint density at radius 3 is 2.59 bits per heavy atom. The van der Waals surface area contributed by atoms with Crippen molar-refractivity contribution in [1.82, 2.24) is 14.6 Å². The van der Waals surface area contributed by atoms with E-state index in [1.54, 1.807) is 0 Å². The average molecular weight is 668 g/mol. The zero-order valence-electron chi connectivity index (χ0n) is 24.7. The molecular formula is C29H37N3O9S3. The van der Waals surface area contributed by atoms with Crippen molar-refractivity contribution >= 4 is 47.5 Å². The number of thiazole rings is 1. The van der Waals surface area contributed by atoms with Crippen LogP contribution in [-0.4, -0.2) is 94.4 Å². The number of sulfonamides is 1. The average Bonchev–Trinajstić information content (AvgIpc) is 3.69. The zero-order chi connectivity index (χ0) is 31.6. The molecule has 3 aromatic rings. The summed E-state index contributed by atoms with van der Waals surface area (Å²) < 4.78 is 70.1. The van der Waals surface area contributed by atoms with E-state index < -0.39 is 50.5 Å². The van der Waals surface area contributed by atoms with Gasteiger partial charge >= 0.3 is 6.09 Å². The van der Waals surface area contributed by atoms with Gasteiger partial charge in [-0.1, -0.05) is 44.2 Å². The first-order valence-corrected chi connectivity index (χ1v) is 18.5. The monoisotopic (exact) mass is 667 g/mol. The van der Waals surface area contributed by atoms with E-state index in [9.17, 15) is 26.7 Å². The third-order valence-corrected chi connectivity index (χ3v) is 12.1. The molecule has 2 aromatic carbocycles. The van der Waals surface area contributed by atoms with Crippen LogP contribution in [-0.2, 0) is 40.5 Å². The number of rotatable bonds is 12. The van der Waals surface area contributed by atoms with Gasteiger partial charge in [0.05, 0.1) is 46.4 Å². The smallest absolute Gasteiger partial charge is 0.407 e. The van der Waals surface area contributed by atoms with Gasteiger partial charge in [0.25, 0.3) is 0 Å². The fourth-order valence-corrected chi connectivity index (χ4v) is 8.99. The third kappa shape index (κ3) is 7.58. The Labute approximate surface area is 261 Å². The van der Waals surface area contributed by atoms with Crippen LogP contribution in [0, 0.1) is 11.8 Å². The van der Waals surface area contributed by atoms with Gasteiger partial charge in [-0.2, -0.15) is 4.31 Å². The molecule has 1 amide bonds. The quantitative estimate of drug-likeness (QED) is 0.294. The predicted molar refractivity (Wildman–Crippen MR) is 163 cm³/mol. The summed E-state index contributed by atoms with van der Waals surface area (Å²) in [6.07, 6.45) is -0.932. The van der Waals surface area contributed by atoms with Crippen LogP contribution < -0.4 is 5.32 Å². The molecule has 0 spiro atoms. The summed E-state index contributed by atoms with van der Waals surface area (Å²) in [5, 5.41) is 14.3. The van der Waals surface area contributed by atoms with Crippen molar-refractivity contribution in [2.45, 2.75) is 60.5 Å². The summed E-state index contributed by atoms with van der Waals surface area (Å²) in [4.78, 5) is 17.1. The number of hydrogen-bond acceptors (Lipinski definition) is 11. The van der Waals surface area contributed by atoms with Crippen molar-refractivity contribution in [1.29, 1.82) is 0 Å². The van der Waals surface area contributed by atoms with Gasteiger partial charge in [-0.15, -0.1) is 11.3 Å². The maximum atomic E-state index is 13.9. The highest BCUT2D eigenvalue weighted by Crippen LogP contribution is 2.33. The highest BCUT2D eigenvalue weighted by molar-refractivity contribution is 7.92. The molecule has 0 saturated carbocycles. The molecule has 3 heterocycles. The summed E-state index contributed by atoms with van der Waals surface area (Å²) in [5.41, 5.74) is 1.21. The van der Waals surface area contributed by atoms with Crippen molar-refractivity contribution in [2.24, 2.45) is 11.8 Å². The van der Waals surface area contributed by atoms with Gasteiger partial charge in [-0.3, -0.25) is 0 Å². The molecule has 15 heteroatoms. The van der Waals surface area contributed by atoms with Crippen molar-refractivity contribution in [3.63, 3.8) is 0 Å². The van der Waals surface area contributed by atoms with E-state index in [0.717, 1.165) is 23.2 Å². The Kier molecular flexibility index (Phi) is 9.94. The van der Waals surface area contributed by atoms with Crippen LogP contribution in [0.15, 0.2) is 57.8 Å². The van der Waals surface area contributed by atoms with E-state index in [4.69, 9.17) is 14.2 Å². The van der Waals surface area contributed by atoms with Crippen LogP contribution in [0.2, 0.25) is 0 Å². The number of alkyl carbamates (subject to hydrolysis) is 1. The van der Waals surface area contributed by atoms with Gasteiger partial charge in [-0.25, -0.2) is 26.6 Å². The van der Waals surface area contributed by atoms with Crippen LogP contribution in [0.3, 0.4) is 0 Å². The van der Waals surface area contributed by atoms with Crippen LogP contribution in [0.4, 0.5) is 4.79 Å². The van der Waals surface area contributed by atoms with E-state index in [-0.39, 0.29) is 47.2 Å². The maximum absolute atomic E-state index is 13.9. The lowest BCUT2D eigenvalue weighted by molar-refractivity contribution is -0.0907. The molecule has 1 aromatic heterocycles. The third-order valence-electron chi connectivity index (χ3n) is 7.56. The number of carbonyl (C=O) groups excluding carboxylic acids is 1. The van der Waals surface area contributed by atoms with E-state index in [2.05, 4.69) is 10.3 Å². The highest BCUT2D eigenvalue weighted by Gasteiger charge is 2.44. The summed E-state index contributed by atoms with van der Waals surface area (Å²) in [6.45, 7) is 4.26. The SMILES string of the molecule is CC(C)CN(CC(O)C(Cc1ccccc1)NC(=O)OC1COC2OCCC12)S(=O)(=O)c1ccc2nc(S(C)(=O)=O)sc2c1. The molecular weight excluding hydrogens is 631 g/mol. The fraction of sp³-hybridized carbons (Fsp3) is 0.517. The van der Waals surface area contributed by atoms with Gasteiger partial charge in [0, 0.05) is 19.3 Å². The Morgan fingerprint density at radius 2 is 1.89 bits per heavy atom. The molecule has 5 atom stereocenters. The molecule has 5 unspecified atom stereocenters. The second-order valence-corrected chi connectivity index (χ2v) is 16.7. The number of aliphatic hydroxyl groups is 1. The van der Waals surface area contributed by atoms with Gasteiger partial charge in [-0.05, 0) is 42.5 Å². The minimum absolute atomic E-state index is 0.0527. The molecule has 240 valence electrons. The van der Waals surface area contributed by atoms with E-state index in [1.165, 1.54) is 22.5 Å². The van der Waals surface area contributed by atoms with Crippen molar-refractivity contribution < 1.29 is 40.9 Å². The second-order valence-electron chi connectivity index (χ2n) is 11.6. The van der Waals surface area contributed by atoms with Crippen molar-refractivity contribution in [3.8, 4) is 0 Å². The predicted octanol–water partition coefficient (Wildman–Crippen LogP) is 2.81. The molecule has 12 nitrogen and oxygen atoms in total. The fourth-order valence-electron chi connectivity index (χ4n) is 5.39.